The van der Waals surface area contributed by atoms with Gasteiger partial charge in [-0.1, -0.05) is 37.7 Å². The Bertz CT molecular complexity index is 1120. The summed E-state index contributed by atoms with van der Waals surface area (Å²) in [6, 6.07) is 11.2. The number of thioether (sulfide) groups is 1. The smallest absolute Gasteiger partial charge is 0.272 e. The van der Waals surface area contributed by atoms with Crippen molar-refractivity contribution in [1.82, 2.24) is 29.3 Å². The van der Waals surface area contributed by atoms with Crippen LogP contribution in [0, 0.1) is 5.92 Å². The maximum absolute atomic E-state index is 13.1. The molecule has 1 N–H and O–H groups in total. The minimum absolute atomic E-state index is 0.135. The Morgan fingerprint density at radius 1 is 1.07 bits per heavy atom. The number of nitrogens with one attached hydrogen (secondary N) is 1. The number of hydrogen-bond donors (Lipinski definition) is 1. The number of imidazole rings is 1. The molecule has 4 aromatic heterocycles. The van der Waals surface area contributed by atoms with Crippen LogP contribution in [0.4, 0.5) is 0 Å². The van der Waals surface area contributed by atoms with E-state index >= 15 is 0 Å². The lowest BCUT2D eigenvalue weighted by atomic mass is 10.0. The van der Waals surface area contributed by atoms with E-state index in [1.165, 1.54) is 11.8 Å². The molecule has 8 heteroatoms. The van der Waals surface area contributed by atoms with Gasteiger partial charge in [0.2, 0.25) is 0 Å². The van der Waals surface area contributed by atoms with Crippen LogP contribution in [-0.2, 0) is 0 Å². The van der Waals surface area contributed by atoms with E-state index in [0.717, 1.165) is 16.3 Å². The summed E-state index contributed by atoms with van der Waals surface area (Å²) in [5, 5.41) is 12.4. The molecular formula is C19H20N6OS. The molecule has 0 bridgehead atoms. The number of nitrogens with zero attached hydrogens (tertiary/aromatic N) is 5. The Hall–Kier alpha value is -2.87. The molecule has 138 valence electrons. The highest BCUT2D eigenvalue weighted by atomic mass is 32.2. The highest BCUT2D eigenvalue weighted by Gasteiger charge is 2.26. The molecule has 4 aromatic rings. The van der Waals surface area contributed by atoms with Crippen molar-refractivity contribution in [1.29, 1.82) is 0 Å². The zero-order chi connectivity index (χ0) is 19.0. The van der Waals surface area contributed by atoms with Crippen molar-refractivity contribution in [3.8, 4) is 0 Å². The molecule has 7 nitrogen and oxygen atoms in total. The first-order chi connectivity index (χ1) is 13.1. The Morgan fingerprint density at radius 2 is 1.81 bits per heavy atom. The van der Waals surface area contributed by atoms with Crippen molar-refractivity contribution in [3.63, 3.8) is 0 Å². The molecule has 4 heterocycles. The molecule has 1 unspecified atom stereocenters. The van der Waals surface area contributed by atoms with E-state index in [1.54, 1.807) is 0 Å². The number of aromatic nitrogens is 5. The monoisotopic (exact) mass is 380 g/mol. The first kappa shape index (κ1) is 17.5. The molecule has 0 spiro atoms. The topological polar surface area (TPSA) is 76.6 Å². The van der Waals surface area contributed by atoms with Crippen LogP contribution < -0.4 is 5.32 Å². The molecule has 1 atom stereocenters. The average Bonchev–Trinajstić information content (AvgIpc) is 3.27. The van der Waals surface area contributed by atoms with E-state index < -0.39 is 0 Å². The molecule has 0 fully saturated rings. The molecule has 0 aliphatic heterocycles. The van der Waals surface area contributed by atoms with Crippen molar-refractivity contribution in [2.75, 3.05) is 6.26 Å². The van der Waals surface area contributed by atoms with Crippen LogP contribution in [0.3, 0.4) is 0 Å². The number of carbonyl (C=O) groups is 1. The van der Waals surface area contributed by atoms with Crippen LogP contribution in [0.5, 0.6) is 0 Å². The third-order valence-corrected chi connectivity index (χ3v) is 5.14. The number of pyridine rings is 2. The third-order valence-electron chi connectivity index (χ3n) is 4.49. The lowest BCUT2D eigenvalue weighted by molar-refractivity contribution is 0.0919. The molecule has 0 radical (unpaired) electrons. The standard InChI is InChI=1S/C19H20N6OS/c1-12(2)15(17-23-22-14-9-5-7-11-25(14)17)20-18(26)16-13-8-4-6-10-24(13)19(21-16)27-3/h4-12,15H,1-3H3,(H,20,26). The van der Waals surface area contributed by atoms with Crippen LogP contribution in [0.2, 0.25) is 0 Å². The van der Waals surface area contributed by atoms with Crippen LogP contribution in [-0.4, -0.2) is 36.1 Å². The van der Waals surface area contributed by atoms with Gasteiger partial charge in [0.15, 0.2) is 22.3 Å². The van der Waals surface area contributed by atoms with Gasteiger partial charge < -0.3 is 5.32 Å². The van der Waals surface area contributed by atoms with Crippen LogP contribution in [0.1, 0.15) is 36.2 Å². The predicted molar refractivity (Wildman–Crippen MR) is 105 cm³/mol. The minimum Gasteiger partial charge on any atom is -0.340 e. The molecule has 0 aromatic carbocycles. The van der Waals surface area contributed by atoms with Gasteiger partial charge in [-0.15, -0.1) is 10.2 Å². The van der Waals surface area contributed by atoms with Crippen molar-refractivity contribution in [2.45, 2.75) is 25.0 Å². The van der Waals surface area contributed by atoms with Gasteiger partial charge in [0.25, 0.3) is 5.91 Å². The molecule has 0 saturated carbocycles. The Kier molecular flexibility index (Phi) is 4.57. The molecule has 4 rings (SSSR count). The third kappa shape index (κ3) is 3.06. The van der Waals surface area contributed by atoms with Crippen LogP contribution in [0.25, 0.3) is 11.2 Å². The zero-order valence-electron chi connectivity index (χ0n) is 15.3. The first-order valence-electron chi connectivity index (χ1n) is 8.71. The van der Waals surface area contributed by atoms with Crippen molar-refractivity contribution >= 4 is 28.8 Å². The largest absolute Gasteiger partial charge is 0.340 e. The Balaban J connectivity index is 1.72. The minimum atomic E-state index is -0.284. The zero-order valence-corrected chi connectivity index (χ0v) is 16.1. The second kappa shape index (κ2) is 7.03. The fraction of sp³-hybridized carbons (Fsp3) is 0.263. The molecular weight excluding hydrogens is 360 g/mol. The van der Waals surface area contributed by atoms with Gasteiger partial charge in [-0.3, -0.25) is 13.6 Å². The number of amides is 1. The van der Waals surface area contributed by atoms with Gasteiger partial charge in [0.05, 0.1) is 11.6 Å². The summed E-state index contributed by atoms with van der Waals surface area (Å²) >= 11 is 1.51. The Labute approximate surface area is 160 Å². The van der Waals surface area contributed by atoms with Crippen molar-refractivity contribution < 1.29 is 4.79 Å². The summed E-state index contributed by atoms with van der Waals surface area (Å²) in [4.78, 5) is 17.6. The number of fused-ring (bicyclic) bond motifs is 2. The maximum atomic E-state index is 13.1. The van der Waals surface area contributed by atoms with Crippen LogP contribution in [0.15, 0.2) is 53.9 Å². The highest BCUT2D eigenvalue weighted by Crippen LogP contribution is 2.24. The molecule has 0 aliphatic rings. The summed E-state index contributed by atoms with van der Waals surface area (Å²) in [5.74, 6) is 0.628. The lowest BCUT2D eigenvalue weighted by Gasteiger charge is -2.20. The van der Waals surface area contributed by atoms with Gasteiger partial charge in [0, 0.05) is 12.4 Å². The van der Waals surface area contributed by atoms with E-state index in [2.05, 4.69) is 20.5 Å². The fourth-order valence-corrected chi connectivity index (χ4v) is 3.67. The number of carbonyl (C=O) groups excluding carboxylic acids is 1. The van der Waals surface area contributed by atoms with E-state index in [4.69, 9.17) is 0 Å². The van der Waals surface area contributed by atoms with E-state index in [1.807, 2.05) is 77.7 Å². The highest BCUT2D eigenvalue weighted by molar-refractivity contribution is 7.98. The van der Waals surface area contributed by atoms with Crippen LogP contribution >= 0.6 is 11.8 Å². The fourth-order valence-electron chi connectivity index (χ4n) is 3.13. The Morgan fingerprint density at radius 3 is 2.56 bits per heavy atom. The van der Waals surface area contributed by atoms with E-state index in [-0.39, 0.29) is 17.9 Å². The quantitative estimate of drug-likeness (QED) is 0.538. The second-order valence-corrected chi connectivity index (χ2v) is 7.36. The predicted octanol–water partition coefficient (Wildman–Crippen LogP) is 3.23. The summed E-state index contributed by atoms with van der Waals surface area (Å²) < 4.78 is 3.83. The van der Waals surface area contributed by atoms with Gasteiger partial charge in [-0.2, -0.15) is 0 Å². The van der Waals surface area contributed by atoms with E-state index in [0.29, 0.717) is 11.5 Å². The lowest BCUT2D eigenvalue weighted by Crippen LogP contribution is -2.33. The first-order valence-corrected chi connectivity index (χ1v) is 9.94. The van der Waals surface area contributed by atoms with Crippen molar-refractivity contribution in [3.05, 3.63) is 60.3 Å². The van der Waals surface area contributed by atoms with Gasteiger partial charge in [-0.05, 0) is 36.4 Å². The number of hydrogen-bond acceptors (Lipinski definition) is 5. The molecule has 0 saturated heterocycles. The van der Waals surface area contributed by atoms with Gasteiger partial charge >= 0.3 is 0 Å². The molecule has 27 heavy (non-hydrogen) atoms. The summed E-state index contributed by atoms with van der Waals surface area (Å²) in [6.07, 6.45) is 5.77. The molecule has 1 amide bonds. The van der Waals surface area contributed by atoms with Gasteiger partial charge in [0.1, 0.15) is 0 Å². The summed E-state index contributed by atoms with van der Waals surface area (Å²) in [6.45, 7) is 4.10. The van der Waals surface area contributed by atoms with Crippen molar-refractivity contribution in [2.24, 2.45) is 5.92 Å². The SMILES string of the molecule is CSc1nc(C(=O)NC(c2nnc3ccccn23)C(C)C)c2ccccn12. The normalized spacial score (nSPS) is 12.7. The number of rotatable bonds is 5. The maximum Gasteiger partial charge on any atom is 0.272 e. The van der Waals surface area contributed by atoms with Gasteiger partial charge in [-0.25, -0.2) is 4.98 Å². The average molecular weight is 380 g/mol. The summed E-state index contributed by atoms with van der Waals surface area (Å²) in [7, 11) is 0. The van der Waals surface area contributed by atoms with E-state index in [9.17, 15) is 4.79 Å². The summed E-state index contributed by atoms with van der Waals surface area (Å²) in [5.41, 5.74) is 1.96. The second-order valence-electron chi connectivity index (χ2n) is 6.59. The molecule has 0 aliphatic carbocycles.